The van der Waals surface area contributed by atoms with Crippen molar-refractivity contribution in [3.8, 4) is 0 Å². The molecule has 2 rings (SSSR count). The van der Waals surface area contributed by atoms with Crippen LogP contribution in [0, 0.1) is 6.92 Å². The van der Waals surface area contributed by atoms with Crippen molar-refractivity contribution in [3.63, 3.8) is 0 Å². The first-order chi connectivity index (χ1) is 12.4. The van der Waals surface area contributed by atoms with Gasteiger partial charge in [-0.05, 0) is 44.2 Å². The topological polar surface area (TPSA) is 92.5 Å². The Hall–Kier alpha value is -2.38. The van der Waals surface area contributed by atoms with Crippen molar-refractivity contribution < 1.29 is 13.2 Å². The zero-order chi connectivity index (χ0) is 19.0. The lowest BCUT2D eigenvalue weighted by Crippen LogP contribution is -2.35. The summed E-state index contributed by atoms with van der Waals surface area (Å²) in [4.78, 5) is 12.2. The van der Waals surface area contributed by atoms with Crippen LogP contribution in [0.1, 0.15) is 18.4 Å². The van der Waals surface area contributed by atoms with E-state index in [-0.39, 0.29) is 23.8 Å². The van der Waals surface area contributed by atoms with Crippen LogP contribution in [0.4, 0.5) is 5.69 Å². The highest BCUT2D eigenvalue weighted by Gasteiger charge is 2.25. The van der Waals surface area contributed by atoms with E-state index in [0.717, 1.165) is 5.56 Å². The number of amides is 1. The summed E-state index contributed by atoms with van der Waals surface area (Å²) in [5.74, 6) is -0.196. The number of sulfonamides is 1. The molecule has 140 valence electrons. The number of hydrogen-bond acceptors (Lipinski definition) is 4. The van der Waals surface area contributed by atoms with Crippen LogP contribution in [-0.2, 0) is 14.8 Å². The van der Waals surface area contributed by atoms with Gasteiger partial charge in [-0.25, -0.2) is 8.42 Å². The van der Waals surface area contributed by atoms with Crippen molar-refractivity contribution >= 4 is 21.6 Å². The van der Waals surface area contributed by atoms with Crippen molar-refractivity contribution in [2.45, 2.75) is 24.7 Å². The molecule has 0 aliphatic heterocycles. The largest absolute Gasteiger partial charge is 0.356 e. The smallest absolute Gasteiger partial charge is 0.264 e. The predicted octanol–water partition coefficient (Wildman–Crippen LogP) is 2.05. The van der Waals surface area contributed by atoms with E-state index in [1.165, 1.54) is 4.31 Å². The molecular weight excluding hydrogens is 350 g/mol. The number of hydrogen-bond donors (Lipinski definition) is 2. The molecule has 0 spiro atoms. The monoisotopic (exact) mass is 375 g/mol. The average molecular weight is 375 g/mol. The molecule has 0 saturated carbocycles. The Bertz CT molecular complexity index is 806. The van der Waals surface area contributed by atoms with Gasteiger partial charge in [0.2, 0.25) is 5.91 Å². The Morgan fingerprint density at radius 1 is 1.08 bits per heavy atom. The number of anilines is 1. The molecule has 0 heterocycles. The molecule has 0 aliphatic carbocycles. The van der Waals surface area contributed by atoms with Crippen LogP contribution in [0.15, 0.2) is 59.5 Å². The third-order valence-corrected chi connectivity index (χ3v) is 5.74. The van der Waals surface area contributed by atoms with Crippen LogP contribution in [0.5, 0.6) is 0 Å². The number of carbonyl (C=O) groups is 1. The van der Waals surface area contributed by atoms with E-state index in [0.29, 0.717) is 25.2 Å². The Balaban J connectivity index is 2.23. The quantitative estimate of drug-likeness (QED) is 0.656. The summed E-state index contributed by atoms with van der Waals surface area (Å²) < 4.78 is 27.4. The fraction of sp³-hybridized carbons (Fsp3) is 0.316. The Kier molecular flexibility index (Phi) is 7.17. The number of nitrogens with one attached hydrogen (secondary N) is 1. The second-order valence-electron chi connectivity index (χ2n) is 5.97. The summed E-state index contributed by atoms with van der Waals surface area (Å²) in [5.41, 5.74) is 6.98. The molecule has 0 fully saturated rings. The summed E-state index contributed by atoms with van der Waals surface area (Å²) >= 11 is 0. The first kappa shape index (κ1) is 19.9. The summed E-state index contributed by atoms with van der Waals surface area (Å²) in [6, 6.07) is 15.4. The lowest BCUT2D eigenvalue weighted by Gasteiger charge is -2.24. The molecule has 26 heavy (non-hydrogen) atoms. The standard InChI is InChI=1S/C19H25N3O3S/c1-16-8-10-17(11-9-16)22(15-12-19(23)21-14-5-13-20)26(24,25)18-6-3-2-4-7-18/h2-4,6-11H,5,12-15,20H2,1H3,(H,21,23). The number of aryl methyl sites for hydroxylation is 1. The van der Waals surface area contributed by atoms with Gasteiger partial charge in [-0.2, -0.15) is 0 Å². The maximum Gasteiger partial charge on any atom is 0.264 e. The van der Waals surface area contributed by atoms with E-state index >= 15 is 0 Å². The number of nitrogens with two attached hydrogens (primary N) is 1. The molecular formula is C19H25N3O3S. The Morgan fingerprint density at radius 3 is 2.35 bits per heavy atom. The summed E-state index contributed by atoms with van der Waals surface area (Å²) in [7, 11) is -3.75. The zero-order valence-electron chi connectivity index (χ0n) is 14.9. The molecule has 0 bridgehead atoms. The highest BCUT2D eigenvalue weighted by molar-refractivity contribution is 7.92. The first-order valence-electron chi connectivity index (χ1n) is 8.56. The molecule has 0 saturated heterocycles. The molecule has 6 nitrogen and oxygen atoms in total. The van der Waals surface area contributed by atoms with Gasteiger partial charge in [-0.15, -0.1) is 0 Å². The highest BCUT2D eigenvalue weighted by atomic mass is 32.2. The van der Waals surface area contributed by atoms with Crippen molar-refractivity contribution in [2.75, 3.05) is 23.9 Å². The summed E-state index contributed by atoms with van der Waals surface area (Å²) in [6.07, 6.45) is 0.764. The SMILES string of the molecule is Cc1ccc(N(CCC(=O)NCCCN)S(=O)(=O)c2ccccc2)cc1. The van der Waals surface area contributed by atoms with E-state index < -0.39 is 10.0 Å². The fourth-order valence-electron chi connectivity index (χ4n) is 2.44. The molecule has 0 aromatic heterocycles. The molecule has 2 aromatic rings. The molecule has 7 heteroatoms. The van der Waals surface area contributed by atoms with Crippen LogP contribution in [0.2, 0.25) is 0 Å². The fourth-order valence-corrected chi connectivity index (χ4v) is 3.93. The van der Waals surface area contributed by atoms with Crippen molar-refractivity contribution in [1.82, 2.24) is 5.32 Å². The molecule has 0 atom stereocenters. The van der Waals surface area contributed by atoms with Gasteiger partial charge < -0.3 is 11.1 Å². The van der Waals surface area contributed by atoms with Gasteiger partial charge in [0.05, 0.1) is 10.6 Å². The third-order valence-electron chi connectivity index (χ3n) is 3.90. The summed E-state index contributed by atoms with van der Waals surface area (Å²) in [5, 5.41) is 2.75. The van der Waals surface area contributed by atoms with Gasteiger partial charge in [0, 0.05) is 19.5 Å². The van der Waals surface area contributed by atoms with Gasteiger partial charge in [0.1, 0.15) is 0 Å². The minimum atomic E-state index is -3.75. The van der Waals surface area contributed by atoms with Crippen LogP contribution < -0.4 is 15.4 Å². The minimum Gasteiger partial charge on any atom is -0.356 e. The molecule has 0 radical (unpaired) electrons. The van der Waals surface area contributed by atoms with Gasteiger partial charge >= 0.3 is 0 Å². The van der Waals surface area contributed by atoms with Crippen LogP contribution in [0.3, 0.4) is 0 Å². The van der Waals surface area contributed by atoms with E-state index in [4.69, 9.17) is 5.73 Å². The Labute approximate surface area is 155 Å². The van der Waals surface area contributed by atoms with E-state index in [1.807, 2.05) is 19.1 Å². The van der Waals surface area contributed by atoms with E-state index in [1.54, 1.807) is 42.5 Å². The maximum atomic E-state index is 13.1. The van der Waals surface area contributed by atoms with Crippen LogP contribution >= 0.6 is 0 Å². The second-order valence-corrected chi connectivity index (χ2v) is 7.83. The van der Waals surface area contributed by atoms with Crippen molar-refractivity contribution in [3.05, 3.63) is 60.2 Å². The molecule has 0 unspecified atom stereocenters. The molecule has 3 N–H and O–H groups in total. The zero-order valence-corrected chi connectivity index (χ0v) is 15.7. The number of benzene rings is 2. The number of rotatable bonds is 9. The van der Waals surface area contributed by atoms with Gasteiger partial charge in [-0.1, -0.05) is 35.9 Å². The van der Waals surface area contributed by atoms with Crippen molar-refractivity contribution in [2.24, 2.45) is 5.73 Å². The summed E-state index contributed by atoms with van der Waals surface area (Å²) in [6.45, 7) is 2.99. The average Bonchev–Trinajstić information content (AvgIpc) is 2.64. The maximum absolute atomic E-state index is 13.1. The molecule has 2 aromatic carbocycles. The number of carbonyl (C=O) groups excluding carboxylic acids is 1. The lowest BCUT2D eigenvalue weighted by atomic mass is 10.2. The molecule has 0 aliphatic rings. The number of nitrogens with zero attached hydrogens (tertiary/aromatic N) is 1. The van der Waals surface area contributed by atoms with Gasteiger partial charge in [0.25, 0.3) is 10.0 Å². The first-order valence-corrected chi connectivity index (χ1v) is 10.0. The van der Waals surface area contributed by atoms with Crippen LogP contribution in [0.25, 0.3) is 0 Å². The normalized spacial score (nSPS) is 11.2. The van der Waals surface area contributed by atoms with Gasteiger partial charge in [0.15, 0.2) is 0 Å². The predicted molar refractivity (Wildman–Crippen MR) is 103 cm³/mol. The Morgan fingerprint density at radius 2 is 1.73 bits per heavy atom. The second kappa shape index (κ2) is 9.35. The van der Waals surface area contributed by atoms with E-state index in [2.05, 4.69) is 5.32 Å². The lowest BCUT2D eigenvalue weighted by molar-refractivity contribution is -0.120. The molecule has 1 amide bonds. The third kappa shape index (κ3) is 5.31. The van der Waals surface area contributed by atoms with Gasteiger partial charge in [-0.3, -0.25) is 9.10 Å². The van der Waals surface area contributed by atoms with Crippen LogP contribution in [-0.4, -0.2) is 34.0 Å². The van der Waals surface area contributed by atoms with E-state index in [9.17, 15) is 13.2 Å². The highest BCUT2D eigenvalue weighted by Crippen LogP contribution is 2.24. The minimum absolute atomic E-state index is 0.0642. The van der Waals surface area contributed by atoms with Crippen molar-refractivity contribution in [1.29, 1.82) is 0 Å².